The van der Waals surface area contributed by atoms with Crippen molar-refractivity contribution in [2.24, 2.45) is 0 Å². The average molecular weight is 296 g/mol. The number of rotatable bonds is 7. The molecule has 116 valence electrons. The van der Waals surface area contributed by atoms with Crippen LogP contribution in [0.1, 0.15) is 12.0 Å². The Morgan fingerprint density at radius 3 is 2.82 bits per heavy atom. The van der Waals surface area contributed by atoms with Gasteiger partial charge in [-0.05, 0) is 24.1 Å². The second-order valence-electron chi connectivity index (χ2n) is 5.83. The zero-order chi connectivity index (χ0) is 15.0. The van der Waals surface area contributed by atoms with E-state index < -0.39 is 0 Å². The predicted octanol–water partition coefficient (Wildman–Crippen LogP) is 2.36. The second-order valence-corrected chi connectivity index (χ2v) is 5.83. The molecule has 0 saturated carbocycles. The van der Waals surface area contributed by atoms with E-state index in [2.05, 4.69) is 50.8 Å². The molecule has 1 aromatic heterocycles. The number of pyridine rings is 1. The van der Waals surface area contributed by atoms with Crippen LogP contribution in [0.25, 0.3) is 0 Å². The molecular formula is C18H24N4. The third kappa shape index (κ3) is 4.55. The first-order valence-corrected chi connectivity index (χ1v) is 8.04. The first-order valence-electron chi connectivity index (χ1n) is 8.04. The van der Waals surface area contributed by atoms with Crippen LogP contribution in [0.2, 0.25) is 0 Å². The molecule has 2 heterocycles. The molecule has 1 atom stereocenters. The minimum atomic E-state index is 0.611. The van der Waals surface area contributed by atoms with E-state index in [9.17, 15) is 0 Å². The van der Waals surface area contributed by atoms with E-state index in [4.69, 9.17) is 0 Å². The van der Waals surface area contributed by atoms with Crippen LogP contribution in [0, 0.1) is 0 Å². The molecule has 2 aromatic rings. The number of nitrogens with zero attached hydrogens (tertiary/aromatic N) is 2. The minimum Gasteiger partial charge on any atom is -0.383 e. The zero-order valence-corrected chi connectivity index (χ0v) is 12.9. The lowest BCUT2D eigenvalue weighted by atomic mass is 10.2. The van der Waals surface area contributed by atoms with Crippen LogP contribution in [0.3, 0.4) is 0 Å². The Balaban J connectivity index is 1.33. The van der Waals surface area contributed by atoms with Crippen LogP contribution in [-0.2, 0) is 6.54 Å². The second kappa shape index (κ2) is 7.92. The number of hydrogen-bond donors (Lipinski definition) is 2. The Labute approximate surface area is 132 Å². The van der Waals surface area contributed by atoms with Crippen molar-refractivity contribution >= 4 is 5.69 Å². The Morgan fingerprint density at radius 1 is 1.09 bits per heavy atom. The maximum Gasteiger partial charge on any atom is 0.0527 e. The molecule has 1 aliphatic heterocycles. The van der Waals surface area contributed by atoms with E-state index in [0.717, 1.165) is 31.9 Å². The van der Waals surface area contributed by atoms with Crippen LogP contribution in [0.15, 0.2) is 54.9 Å². The molecule has 0 amide bonds. The number of aromatic nitrogens is 1. The highest BCUT2D eigenvalue weighted by Crippen LogP contribution is 2.13. The molecule has 0 aliphatic carbocycles. The summed E-state index contributed by atoms with van der Waals surface area (Å²) >= 11 is 0. The van der Waals surface area contributed by atoms with E-state index in [0.29, 0.717) is 6.04 Å². The van der Waals surface area contributed by atoms with Crippen LogP contribution in [0.5, 0.6) is 0 Å². The fourth-order valence-corrected chi connectivity index (χ4v) is 2.93. The molecule has 3 rings (SSSR count). The van der Waals surface area contributed by atoms with Crippen molar-refractivity contribution in [1.29, 1.82) is 0 Å². The van der Waals surface area contributed by atoms with Crippen molar-refractivity contribution in [2.45, 2.75) is 19.0 Å². The number of benzene rings is 1. The maximum absolute atomic E-state index is 4.10. The molecule has 1 aromatic carbocycles. The molecule has 4 nitrogen and oxygen atoms in total. The van der Waals surface area contributed by atoms with Gasteiger partial charge in [0.1, 0.15) is 0 Å². The van der Waals surface area contributed by atoms with Gasteiger partial charge < -0.3 is 10.6 Å². The highest BCUT2D eigenvalue weighted by molar-refractivity contribution is 5.39. The highest BCUT2D eigenvalue weighted by atomic mass is 15.2. The van der Waals surface area contributed by atoms with Crippen molar-refractivity contribution in [3.8, 4) is 0 Å². The van der Waals surface area contributed by atoms with Crippen molar-refractivity contribution in [1.82, 2.24) is 15.2 Å². The van der Waals surface area contributed by atoms with Gasteiger partial charge in [-0.15, -0.1) is 0 Å². The first kappa shape index (κ1) is 15.0. The largest absolute Gasteiger partial charge is 0.383 e. The molecule has 22 heavy (non-hydrogen) atoms. The van der Waals surface area contributed by atoms with E-state index in [1.807, 2.05) is 18.3 Å². The summed E-state index contributed by atoms with van der Waals surface area (Å²) < 4.78 is 0. The van der Waals surface area contributed by atoms with Crippen molar-refractivity contribution < 1.29 is 0 Å². The summed E-state index contributed by atoms with van der Waals surface area (Å²) in [5, 5.41) is 7.02. The zero-order valence-electron chi connectivity index (χ0n) is 12.9. The molecule has 1 fully saturated rings. The first-order chi connectivity index (χ1) is 10.9. The number of nitrogens with one attached hydrogen (secondary N) is 2. The number of hydrogen-bond acceptors (Lipinski definition) is 4. The summed E-state index contributed by atoms with van der Waals surface area (Å²) in [6, 6.07) is 15.3. The van der Waals surface area contributed by atoms with Crippen LogP contribution >= 0.6 is 0 Å². The Hall–Kier alpha value is -1.91. The van der Waals surface area contributed by atoms with E-state index >= 15 is 0 Å². The summed E-state index contributed by atoms with van der Waals surface area (Å²) in [5.74, 6) is 0. The average Bonchev–Trinajstić information content (AvgIpc) is 3.01. The van der Waals surface area contributed by atoms with E-state index in [-0.39, 0.29) is 0 Å². The van der Waals surface area contributed by atoms with Gasteiger partial charge in [0.25, 0.3) is 0 Å². The Bertz CT molecular complexity index is 544. The van der Waals surface area contributed by atoms with Crippen molar-refractivity contribution in [2.75, 3.05) is 31.5 Å². The summed E-state index contributed by atoms with van der Waals surface area (Å²) in [6.07, 6.45) is 4.89. The smallest absolute Gasteiger partial charge is 0.0527 e. The van der Waals surface area contributed by atoms with Gasteiger partial charge in [0.05, 0.1) is 5.69 Å². The van der Waals surface area contributed by atoms with Gasteiger partial charge in [-0.2, -0.15) is 0 Å². The SMILES string of the molecule is c1ccc(CN2CC[C@@H](NCCNc3cccnc3)C2)cc1. The van der Waals surface area contributed by atoms with Crippen LogP contribution < -0.4 is 10.6 Å². The molecule has 0 spiro atoms. The van der Waals surface area contributed by atoms with Crippen molar-refractivity contribution in [3.05, 3.63) is 60.4 Å². The molecule has 2 N–H and O–H groups in total. The predicted molar refractivity (Wildman–Crippen MR) is 90.9 cm³/mol. The van der Waals surface area contributed by atoms with Gasteiger partial charge in [0, 0.05) is 51.2 Å². The standard InChI is InChI=1S/C18H24N4/c1-2-5-16(6-3-1)14-22-12-8-18(15-22)21-11-10-20-17-7-4-9-19-13-17/h1-7,9,13,18,20-21H,8,10-12,14-15H2/t18-/m1/s1. The maximum atomic E-state index is 4.10. The summed E-state index contributed by atoms with van der Waals surface area (Å²) in [4.78, 5) is 6.63. The van der Waals surface area contributed by atoms with Gasteiger partial charge in [-0.1, -0.05) is 30.3 Å². The van der Waals surface area contributed by atoms with Gasteiger partial charge >= 0.3 is 0 Å². The molecule has 4 heteroatoms. The summed E-state index contributed by atoms with van der Waals surface area (Å²) in [5.41, 5.74) is 2.49. The van der Waals surface area contributed by atoms with E-state index in [1.165, 1.54) is 18.5 Å². The lowest BCUT2D eigenvalue weighted by molar-refractivity contribution is 0.320. The molecule has 1 aliphatic rings. The lowest BCUT2D eigenvalue weighted by Crippen LogP contribution is -2.35. The van der Waals surface area contributed by atoms with Gasteiger partial charge in [-0.3, -0.25) is 9.88 Å². The quantitative estimate of drug-likeness (QED) is 0.770. The normalized spacial score (nSPS) is 18.5. The Kier molecular flexibility index (Phi) is 5.40. The van der Waals surface area contributed by atoms with Crippen LogP contribution in [0.4, 0.5) is 5.69 Å². The summed E-state index contributed by atoms with van der Waals surface area (Å²) in [7, 11) is 0. The highest BCUT2D eigenvalue weighted by Gasteiger charge is 2.21. The van der Waals surface area contributed by atoms with Gasteiger partial charge in [0.2, 0.25) is 0 Å². The van der Waals surface area contributed by atoms with Gasteiger partial charge in [0.15, 0.2) is 0 Å². The molecule has 0 bridgehead atoms. The molecule has 1 saturated heterocycles. The van der Waals surface area contributed by atoms with Crippen LogP contribution in [-0.4, -0.2) is 42.1 Å². The van der Waals surface area contributed by atoms with Crippen molar-refractivity contribution in [3.63, 3.8) is 0 Å². The van der Waals surface area contributed by atoms with Gasteiger partial charge in [-0.25, -0.2) is 0 Å². The molecule has 0 unspecified atom stereocenters. The molecule has 0 radical (unpaired) electrons. The number of anilines is 1. The fraction of sp³-hybridized carbons (Fsp3) is 0.389. The fourth-order valence-electron chi connectivity index (χ4n) is 2.93. The van der Waals surface area contributed by atoms with E-state index in [1.54, 1.807) is 6.20 Å². The monoisotopic (exact) mass is 296 g/mol. The number of likely N-dealkylation sites (tertiary alicyclic amines) is 1. The lowest BCUT2D eigenvalue weighted by Gasteiger charge is -2.17. The Morgan fingerprint density at radius 2 is 2.00 bits per heavy atom. The summed E-state index contributed by atoms with van der Waals surface area (Å²) in [6.45, 7) is 5.30. The topological polar surface area (TPSA) is 40.2 Å². The molecular weight excluding hydrogens is 272 g/mol. The minimum absolute atomic E-state index is 0.611. The third-order valence-corrected chi connectivity index (χ3v) is 4.07. The third-order valence-electron chi connectivity index (χ3n) is 4.07.